The lowest BCUT2D eigenvalue weighted by Gasteiger charge is -2.46. The summed E-state index contributed by atoms with van der Waals surface area (Å²) in [5, 5.41) is 0. The van der Waals surface area contributed by atoms with Gasteiger partial charge in [0, 0.05) is 13.7 Å². The zero-order valence-corrected chi connectivity index (χ0v) is 21.5. The van der Waals surface area contributed by atoms with Crippen molar-refractivity contribution in [1.29, 1.82) is 0 Å². The molecule has 4 atom stereocenters. The molecule has 2 fully saturated rings. The quantitative estimate of drug-likeness (QED) is 0.387. The number of piperidine rings is 1. The number of hydrogen-bond acceptors (Lipinski definition) is 6. The predicted molar refractivity (Wildman–Crippen MR) is 134 cm³/mol. The number of hydrogen-bond donors (Lipinski definition) is 0. The van der Waals surface area contributed by atoms with E-state index in [9.17, 15) is 9.36 Å². The van der Waals surface area contributed by atoms with E-state index in [2.05, 4.69) is 0 Å². The van der Waals surface area contributed by atoms with E-state index in [1.54, 1.807) is 12.0 Å². The van der Waals surface area contributed by atoms with Crippen LogP contribution >= 0.6 is 7.60 Å². The lowest BCUT2D eigenvalue weighted by atomic mass is 9.71. The molecule has 1 aliphatic heterocycles. The molecule has 0 radical (unpaired) electrons. The van der Waals surface area contributed by atoms with Crippen molar-refractivity contribution in [3.05, 3.63) is 71.8 Å². The highest BCUT2D eigenvalue weighted by molar-refractivity contribution is 7.53. The predicted octanol–water partition coefficient (Wildman–Crippen LogP) is 6.09. The van der Waals surface area contributed by atoms with Crippen LogP contribution in [0.15, 0.2) is 60.7 Å². The zero-order chi connectivity index (χ0) is 24.7. The number of carbonyl (C=O) groups is 1. The molecule has 1 saturated heterocycles. The highest BCUT2D eigenvalue weighted by Crippen LogP contribution is 2.54. The summed E-state index contributed by atoms with van der Waals surface area (Å²) in [6.07, 6.45) is 3.34. The maximum Gasteiger partial charge on any atom is 0.411 e. The molecule has 2 aliphatic rings. The fraction of sp³-hybridized carbons (Fsp3) is 0.519. The fourth-order valence-corrected chi connectivity index (χ4v) is 7.30. The summed E-state index contributed by atoms with van der Waals surface area (Å²) in [5.41, 5.74) is 1.94. The van der Waals surface area contributed by atoms with Gasteiger partial charge in [-0.1, -0.05) is 60.7 Å². The zero-order valence-electron chi connectivity index (χ0n) is 20.6. The van der Waals surface area contributed by atoms with E-state index in [0.717, 1.165) is 36.8 Å². The monoisotopic (exact) mass is 501 g/mol. The summed E-state index contributed by atoms with van der Waals surface area (Å²) in [4.78, 5) is 13.9. The van der Waals surface area contributed by atoms with Crippen LogP contribution in [0.1, 0.15) is 36.8 Å². The molecule has 2 aromatic rings. The van der Waals surface area contributed by atoms with Gasteiger partial charge in [-0.2, -0.15) is 0 Å². The largest absolute Gasteiger partial charge is 0.453 e. The normalized spacial score (nSPS) is 24.6. The van der Waals surface area contributed by atoms with Crippen LogP contribution in [0, 0.1) is 17.8 Å². The number of amides is 1. The third kappa shape index (κ3) is 6.95. The number of likely N-dealkylation sites (tertiary alicyclic amines) is 1. The van der Waals surface area contributed by atoms with Gasteiger partial charge in [-0.3, -0.25) is 9.46 Å². The van der Waals surface area contributed by atoms with Gasteiger partial charge >= 0.3 is 13.7 Å². The Balaban J connectivity index is 1.41. The van der Waals surface area contributed by atoms with Crippen LogP contribution in [0.3, 0.4) is 0 Å². The Labute approximate surface area is 208 Å². The van der Waals surface area contributed by atoms with Crippen LogP contribution in [-0.4, -0.2) is 44.1 Å². The molecule has 0 aromatic heterocycles. The molecule has 1 heterocycles. The van der Waals surface area contributed by atoms with E-state index in [0.29, 0.717) is 24.5 Å². The number of methoxy groups -OCH3 is 2. The molecule has 1 amide bonds. The first-order valence-corrected chi connectivity index (χ1v) is 14.1. The van der Waals surface area contributed by atoms with Crippen molar-refractivity contribution >= 4 is 13.7 Å². The maximum atomic E-state index is 14.0. The van der Waals surface area contributed by atoms with Crippen molar-refractivity contribution in [2.75, 3.05) is 26.9 Å². The molecule has 2 aromatic carbocycles. The fourth-order valence-electron chi connectivity index (χ4n) is 5.36. The Morgan fingerprint density at radius 3 is 2.03 bits per heavy atom. The highest BCUT2D eigenvalue weighted by Gasteiger charge is 2.43. The second kappa shape index (κ2) is 12.2. The topological polar surface area (TPSA) is 74.3 Å². The molecule has 4 unspecified atom stereocenters. The minimum absolute atomic E-state index is 0.232. The number of ether oxygens (including phenoxy) is 2. The van der Waals surface area contributed by atoms with Crippen molar-refractivity contribution < 1.29 is 27.9 Å². The first kappa shape index (κ1) is 25.9. The Hall–Kier alpha value is -2.18. The second-order valence-corrected chi connectivity index (χ2v) is 11.7. The van der Waals surface area contributed by atoms with Crippen molar-refractivity contribution in [3.8, 4) is 0 Å². The van der Waals surface area contributed by atoms with Gasteiger partial charge in [-0.25, -0.2) is 4.79 Å². The Bertz CT molecular complexity index is 940. The van der Waals surface area contributed by atoms with E-state index >= 15 is 0 Å². The van der Waals surface area contributed by atoms with E-state index in [4.69, 9.17) is 18.5 Å². The van der Waals surface area contributed by atoms with Crippen LogP contribution in [0.4, 0.5) is 4.79 Å². The average molecular weight is 502 g/mol. The van der Waals surface area contributed by atoms with Gasteiger partial charge in [-0.05, 0) is 54.6 Å². The molecule has 1 aliphatic carbocycles. The van der Waals surface area contributed by atoms with Crippen molar-refractivity contribution in [1.82, 2.24) is 4.90 Å². The number of benzene rings is 2. The molecule has 0 N–H and O–H groups in total. The van der Waals surface area contributed by atoms with E-state index < -0.39 is 7.60 Å². The van der Waals surface area contributed by atoms with Crippen LogP contribution in [-0.2, 0) is 36.3 Å². The van der Waals surface area contributed by atoms with Gasteiger partial charge in [0.15, 0.2) is 0 Å². The Kier molecular flexibility index (Phi) is 9.01. The minimum Gasteiger partial charge on any atom is -0.453 e. The first-order chi connectivity index (χ1) is 17.0. The molecule has 35 heavy (non-hydrogen) atoms. The van der Waals surface area contributed by atoms with Crippen molar-refractivity contribution in [2.24, 2.45) is 17.8 Å². The SMILES string of the molecule is COC(=O)N1CC2CCC(CP(=O)(OCc3ccccc3)OCc3ccccc3)CC2CC1OC. The molecular formula is C27H36NO6P. The summed E-state index contributed by atoms with van der Waals surface area (Å²) >= 11 is 0. The summed E-state index contributed by atoms with van der Waals surface area (Å²) in [6, 6.07) is 19.5. The van der Waals surface area contributed by atoms with Crippen molar-refractivity contribution in [2.45, 2.75) is 45.1 Å². The number of nitrogens with zero attached hydrogens (tertiary/aromatic N) is 1. The summed E-state index contributed by atoms with van der Waals surface area (Å²) < 4.78 is 36.6. The minimum atomic E-state index is -3.34. The number of carbonyl (C=O) groups excluding carboxylic acids is 1. The molecule has 4 rings (SSSR count). The van der Waals surface area contributed by atoms with Gasteiger partial charge in [0.1, 0.15) is 6.23 Å². The Morgan fingerprint density at radius 1 is 0.886 bits per heavy atom. The molecule has 7 nitrogen and oxygen atoms in total. The molecule has 190 valence electrons. The van der Waals surface area contributed by atoms with Crippen molar-refractivity contribution in [3.63, 3.8) is 0 Å². The highest BCUT2D eigenvalue weighted by atomic mass is 31.2. The third-order valence-electron chi connectivity index (χ3n) is 7.24. The van der Waals surface area contributed by atoms with E-state index in [1.807, 2.05) is 60.7 Å². The summed E-state index contributed by atoms with van der Waals surface area (Å²) in [6.45, 7) is 1.15. The standard InChI is InChI=1S/C27H36NO6P/c1-31-26-16-25-15-23(13-14-24(25)17-28(26)27(29)32-2)20-35(30,33-18-21-9-5-3-6-10-21)34-19-22-11-7-4-8-12-22/h3-12,23-26H,13-20H2,1-2H3. The second-order valence-electron chi connectivity index (χ2n) is 9.56. The van der Waals surface area contributed by atoms with Crippen LogP contribution in [0.2, 0.25) is 0 Å². The van der Waals surface area contributed by atoms with Crippen LogP contribution in [0.5, 0.6) is 0 Å². The molecule has 1 saturated carbocycles. The molecule has 0 bridgehead atoms. The molecule has 0 spiro atoms. The molecular weight excluding hydrogens is 465 g/mol. The summed E-state index contributed by atoms with van der Waals surface area (Å²) in [7, 11) is -0.304. The van der Waals surface area contributed by atoms with Gasteiger partial charge < -0.3 is 18.5 Å². The van der Waals surface area contributed by atoms with E-state index in [1.165, 1.54) is 7.11 Å². The van der Waals surface area contributed by atoms with Gasteiger partial charge in [0.05, 0.1) is 26.5 Å². The Morgan fingerprint density at radius 2 is 1.49 bits per heavy atom. The number of rotatable bonds is 9. The molecule has 8 heteroatoms. The van der Waals surface area contributed by atoms with Gasteiger partial charge in [0.25, 0.3) is 0 Å². The summed E-state index contributed by atoms with van der Waals surface area (Å²) in [5.74, 6) is 1.03. The van der Waals surface area contributed by atoms with E-state index in [-0.39, 0.29) is 31.5 Å². The van der Waals surface area contributed by atoms with Crippen LogP contribution in [0.25, 0.3) is 0 Å². The number of fused-ring (bicyclic) bond motifs is 1. The first-order valence-electron chi connectivity index (χ1n) is 12.3. The van der Waals surface area contributed by atoms with Crippen LogP contribution < -0.4 is 0 Å². The van der Waals surface area contributed by atoms with Gasteiger partial charge in [0.2, 0.25) is 0 Å². The lowest BCUT2D eigenvalue weighted by molar-refractivity contribution is -0.0883. The lowest BCUT2D eigenvalue weighted by Crippen LogP contribution is -2.52. The third-order valence-corrected chi connectivity index (χ3v) is 9.24. The maximum absolute atomic E-state index is 14.0. The van der Waals surface area contributed by atoms with Gasteiger partial charge in [-0.15, -0.1) is 0 Å². The smallest absolute Gasteiger partial charge is 0.411 e. The average Bonchev–Trinajstić information content (AvgIpc) is 2.91.